The quantitative estimate of drug-likeness (QED) is 0.147. The molecule has 4 amide bonds. The van der Waals surface area contributed by atoms with Gasteiger partial charge in [-0.1, -0.05) is 12.1 Å². The van der Waals surface area contributed by atoms with E-state index >= 15 is 0 Å². The van der Waals surface area contributed by atoms with Crippen molar-refractivity contribution in [2.45, 2.75) is 50.4 Å². The molecule has 4 atom stereocenters. The van der Waals surface area contributed by atoms with E-state index in [9.17, 15) is 34.2 Å². The number of carbonyl (C=O) groups is 5. The fraction of sp³-hybridized carbons (Fsp3) is 0.450. The molecule has 0 aliphatic rings. The van der Waals surface area contributed by atoms with Crippen LogP contribution in [0.4, 0.5) is 0 Å². The summed E-state index contributed by atoms with van der Waals surface area (Å²) < 4.78 is 0. The Morgan fingerprint density at radius 1 is 0.970 bits per heavy atom. The van der Waals surface area contributed by atoms with Crippen LogP contribution in [0.25, 0.3) is 0 Å². The van der Waals surface area contributed by atoms with Gasteiger partial charge in [0.1, 0.15) is 23.9 Å². The number of hydrogen-bond acceptors (Lipinski definition) is 8. The highest BCUT2D eigenvalue weighted by atomic mass is 32.1. The maximum absolute atomic E-state index is 12.8. The lowest BCUT2D eigenvalue weighted by atomic mass is 10.0. The molecule has 0 radical (unpaired) electrons. The molecule has 33 heavy (non-hydrogen) atoms. The molecule has 12 nitrogen and oxygen atoms in total. The molecule has 0 bridgehead atoms. The number of rotatable bonds is 13. The molecule has 0 saturated heterocycles. The first-order valence-electron chi connectivity index (χ1n) is 10.0. The van der Waals surface area contributed by atoms with Gasteiger partial charge >= 0.3 is 5.97 Å². The van der Waals surface area contributed by atoms with Crippen molar-refractivity contribution in [2.24, 2.45) is 11.5 Å². The molecule has 4 unspecified atom stereocenters. The first-order chi connectivity index (χ1) is 15.4. The van der Waals surface area contributed by atoms with E-state index in [-0.39, 0.29) is 30.8 Å². The lowest BCUT2D eigenvalue weighted by Gasteiger charge is -2.23. The number of hydrogen-bond donors (Lipinski definition) is 8. The molecule has 0 saturated carbocycles. The zero-order valence-corrected chi connectivity index (χ0v) is 18.9. The lowest BCUT2D eigenvalue weighted by Crippen LogP contribution is -2.56. The summed E-state index contributed by atoms with van der Waals surface area (Å²) in [5.74, 6) is -4.20. The predicted molar refractivity (Wildman–Crippen MR) is 121 cm³/mol. The Balaban J connectivity index is 2.89. The van der Waals surface area contributed by atoms with Crippen molar-refractivity contribution < 1.29 is 34.2 Å². The highest BCUT2D eigenvalue weighted by molar-refractivity contribution is 7.80. The van der Waals surface area contributed by atoms with E-state index in [1.54, 1.807) is 0 Å². The lowest BCUT2D eigenvalue weighted by molar-refractivity contribution is -0.142. The minimum Gasteiger partial charge on any atom is -0.508 e. The van der Waals surface area contributed by atoms with E-state index < -0.39 is 53.8 Å². The average Bonchev–Trinajstić information content (AvgIpc) is 2.76. The van der Waals surface area contributed by atoms with Crippen LogP contribution in [0.5, 0.6) is 5.75 Å². The maximum atomic E-state index is 12.8. The van der Waals surface area contributed by atoms with E-state index in [1.165, 1.54) is 31.2 Å². The molecule has 0 aromatic heterocycles. The van der Waals surface area contributed by atoms with Crippen molar-refractivity contribution in [3.8, 4) is 5.75 Å². The van der Waals surface area contributed by atoms with Crippen LogP contribution in [0.3, 0.4) is 0 Å². The number of aromatic hydroxyl groups is 1. The van der Waals surface area contributed by atoms with Gasteiger partial charge < -0.3 is 37.6 Å². The van der Waals surface area contributed by atoms with Gasteiger partial charge in [0.25, 0.3) is 0 Å². The summed E-state index contributed by atoms with van der Waals surface area (Å²) in [5, 5.41) is 25.9. The van der Waals surface area contributed by atoms with Crippen LogP contribution in [-0.4, -0.2) is 69.7 Å². The summed E-state index contributed by atoms with van der Waals surface area (Å²) in [5.41, 5.74) is 11.2. The molecule has 13 heteroatoms. The van der Waals surface area contributed by atoms with Crippen molar-refractivity contribution in [3.05, 3.63) is 29.8 Å². The van der Waals surface area contributed by atoms with Gasteiger partial charge in [-0.25, -0.2) is 4.79 Å². The molecule has 9 N–H and O–H groups in total. The number of benzene rings is 1. The summed E-state index contributed by atoms with van der Waals surface area (Å²) in [6.45, 7) is 1.37. The van der Waals surface area contributed by atoms with Crippen LogP contribution in [0.1, 0.15) is 25.3 Å². The highest BCUT2D eigenvalue weighted by Crippen LogP contribution is 2.12. The summed E-state index contributed by atoms with van der Waals surface area (Å²) in [4.78, 5) is 59.9. The fourth-order valence-corrected chi connectivity index (χ4v) is 2.83. The third-order valence-corrected chi connectivity index (χ3v) is 4.98. The summed E-state index contributed by atoms with van der Waals surface area (Å²) >= 11 is 3.90. The van der Waals surface area contributed by atoms with Crippen LogP contribution in [-0.2, 0) is 30.4 Å². The van der Waals surface area contributed by atoms with Gasteiger partial charge in [0.05, 0.1) is 6.04 Å². The number of thiol groups is 1. The Labute approximate surface area is 195 Å². The molecule has 0 fully saturated rings. The Hall–Kier alpha value is -3.32. The SMILES string of the molecule is CC(NC(=O)C(N)CS)C(=O)NC(CCC(N)=O)C(=O)NC(Cc1ccc(O)cc1)C(=O)O. The fourth-order valence-electron chi connectivity index (χ4n) is 2.66. The van der Waals surface area contributed by atoms with Crippen LogP contribution in [0, 0.1) is 0 Å². The average molecular weight is 484 g/mol. The van der Waals surface area contributed by atoms with Crippen LogP contribution in [0.15, 0.2) is 24.3 Å². The minimum atomic E-state index is -1.35. The zero-order chi connectivity index (χ0) is 25.1. The van der Waals surface area contributed by atoms with Gasteiger partial charge in [0.15, 0.2) is 0 Å². The van der Waals surface area contributed by atoms with Crippen molar-refractivity contribution in [3.63, 3.8) is 0 Å². The standard InChI is InChI=1S/C20H29N5O7S/c1-10(23-18(29)13(21)9-33)17(28)24-14(6-7-16(22)27)19(30)25-15(20(31)32)8-11-2-4-12(26)5-3-11/h2-5,10,13-15,26,33H,6-9,21H2,1H3,(H2,22,27)(H,23,29)(H,24,28)(H,25,30)(H,31,32). The third kappa shape index (κ3) is 9.78. The Kier molecular flexibility index (Phi) is 11.2. The molecular weight excluding hydrogens is 454 g/mol. The number of aliphatic carboxylic acids is 1. The number of carbonyl (C=O) groups excluding carboxylic acids is 4. The third-order valence-electron chi connectivity index (χ3n) is 4.59. The van der Waals surface area contributed by atoms with Crippen LogP contribution in [0.2, 0.25) is 0 Å². The normalized spacial score (nSPS) is 14.3. The highest BCUT2D eigenvalue weighted by Gasteiger charge is 2.29. The van der Waals surface area contributed by atoms with Gasteiger partial charge in [0.2, 0.25) is 23.6 Å². The maximum Gasteiger partial charge on any atom is 0.326 e. The van der Waals surface area contributed by atoms with Crippen LogP contribution < -0.4 is 27.4 Å². The summed E-state index contributed by atoms with van der Waals surface area (Å²) in [7, 11) is 0. The predicted octanol–water partition coefficient (Wildman–Crippen LogP) is -1.98. The molecule has 1 aromatic carbocycles. The monoisotopic (exact) mass is 483 g/mol. The number of nitrogens with one attached hydrogen (secondary N) is 3. The van der Waals surface area contributed by atoms with Gasteiger partial charge in [-0.2, -0.15) is 12.6 Å². The molecule has 1 aromatic rings. The number of amides is 4. The number of nitrogens with two attached hydrogens (primary N) is 2. The van der Waals surface area contributed by atoms with Crippen molar-refractivity contribution >= 4 is 42.2 Å². The second-order valence-corrected chi connectivity index (χ2v) is 7.72. The van der Waals surface area contributed by atoms with E-state index in [1.807, 2.05) is 0 Å². The number of phenols is 1. The molecule has 0 heterocycles. The number of phenolic OH excluding ortho intramolecular Hbond substituents is 1. The molecule has 0 aliphatic carbocycles. The van der Waals surface area contributed by atoms with Crippen LogP contribution >= 0.6 is 12.6 Å². The summed E-state index contributed by atoms with van der Waals surface area (Å²) in [6, 6.07) is 1.12. The molecule has 1 rings (SSSR count). The second kappa shape index (κ2) is 13.3. The van der Waals surface area contributed by atoms with Gasteiger partial charge in [0, 0.05) is 18.6 Å². The Morgan fingerprint density at radius 3 is 2.06 bits per heavy atom. The second-order valence-electron chi connectivity index (χ2n) is 7.36. The van der Waals surface area contributed by atoms with Gasteiger partial charge in [-0.3, -0.25) is 19.2 Å². The molecular formula is C20H29N5O7S. The number of carboxylic acid groups (broad SMARTS) is 1. The Bertz CT molecular complexity index is 865. The smallest absolute Gasteiger partial charge is 0.326 e. The van der Waals surface area contributed by atoms with Gasteiger partial charge in [-0.05, 0) is 31.0 Å². The van der Waals surface area contributed by atoms with Crippen molar-refractivity contribution in [1.29, 1.82) is 0 Å². The first kappa shape index (κ1) is 27.7. The first-order valence-corrected chi connectivity index (χ1v) is 10.6. The van der Waals surface area contributed by atoms with E-state index in [0.717, 1.165) is 0 Å². The molecule has 0 aliphatic heterocycles. The van der Waals surface area contributed by atoms with Gasteiger partial charge in [-0.15, -0.1) is 0 Å². The van der Waals surface area contributed by atoms with E-state index in [2.05, 4.69) is 28.6 Å². The van der Waals surface area contributed by atoms with E-state index in [4.69, 9.17) is 11.5 Å². The zero-order valence-electron chi connectivity index (χ0n) is 18.0. The molecule has 182 valence electrons. The number of carboxylic acids is 1. The molecule has 0 spiro atoms. The van der Waals surface area contributed by atoms with Crippen molar-refractivity contribution in [1.82, 2.24) is 16.0 Å². The minimum absolute atomic E-state index is 0.000394. The Morgan fingerprint density at radius 2 is 1.55 bits per heavy atom. The van der Waals surface area contributed by atoms with E-state index in [0.29, 0.717) is 5.56 Å². The topological polar surface area (TPSA) is 214 Å². The van der Waals surface area contributed by atoms with Crippen molar-refractivity contribution in [2.75, 3.05) is 5.75 Å². The summed E-state index contributed by atoms with van der Waals surface area (Å²) in [6.07, 6.45) is -0.527. The largest absolute Gasteiger partial charge is 0.508 e. The number of primary amides is 1.